The van der Waals surface area contributed by atoms with Crippen LogP contribution in [0.1, 0.15) is 380 Å². The topological polar surface area (TPSA) is 78.9 Å². The molecule has 0 rings (SSSR count). The summed E-state index contributed by atoms with van der Waals surface area (Å²) in [6.45, 7) is 6.68. The molecule has 0 aliphatic heterocycles. The summed E-state index contributed by atoms with van der Waals surface area (Å²) >= 11 is 0. The Labute approximate surface area is 492 Å². The van der Waals surface area contributed by atoms with Gasteiger partial charge in [-0.3, -0.25) is 14.4 Å². The number of ether oxygens (including phenoxy) is 3. The van der Waals surface area contributed by atoms with E-state index in [9.17, 15) is 14.4 Å². The van der Waals surface area contributed by atoms with Crippen LogP contribution in [0.2, 0.25) is 0 Å². The van der Waals surface area contributed by atoms with E-state index in [1.54, 1.807) is 0 Å². The molecule has 1 unspecified atom stereocenters. The largest absolute Gasteiger partial charge is 0.462 e. The van der Waals surface area contributed by atoms with Gasteiger partial charge in [0.2, 0.25) is 0 Å². The van der Waals surface area contributed by atoms with Crippen molar-refractivity contribution in [3.63, 3.8) is 0 Å². The fourth-order valence-electron chi connectivity index (χ4n) is 10.5. The summed E-state index contributed by atoms with van der Waals surface area (Å²) in [6.07, 6.45) is 85.7. The Balaban J connectivity index is 4.17. The Hall–Kier alpha value is -2.63. The van der Waals surface area contributed by atoms with E-state index in [1.807, 2.05) is 0 Å². The molecule has 0 aromatic rings. The Morgan fingerprint density at radius 1 is 0.253 bits per heavy atom. The zero-order chi connectivity index (χ0) is 57.1. The Morgan fingerprint density at radius 3 is 0.722 bits per heavy atom. The van der Waals surface area contributed by atoms with Crippen molar-refractivity contribution in [2.45, 2.75) is 386 Å². The van der Waals surface area contributed by atoms with E-state index in [0.29, 0.717) is 19.3 Å². The average Bonchev–Trinajstić information content (AvgIpc) is 3.45. The van der Waals surface area contributed by atoms with Gasteiger partial charge in [0.1, 0.15) is 13.2 Å². The molecule has 1 atom stereocenters. The molecule has 6 heteroatoms. The normalized spacial score (nSPS) is 12.3. The number of esters is 3. The molecule has 0 saturated heterocycles. The summed E-state index contributed by atoms with van der Waals surface area (Å²) in [5.41, 5.74) is 0. The average molecular weight is 1110 g/mol. The van der Waals surface area contributed by atoms with Gasteiger partial charge in [-0.25, -0.2) is 0 Å². The Kier molecular flexibility index (Phi) is 65.6. The van der Waals surface area contributed by atoms with Crippen LogP contribution in [-0.2, 0) is 28.6 Å². The van der Waals surface area contributed by atoms with Gasteiger partial charge >= 0.3 is 17.9 Å². The van der Waals surface area contributed by atoms with Gasteiger partial charge in [-0.1, -0.05) is 326 Å². The lowest BCUT2D eigenvalue weighted by Crippen LogP contribution is -2.30. The first-order valence-electron chi connectivity index (χ1n) is 35.1. The molecule has 0 aromatic carbocycles. The molecule has 79 heavy (non-hydrogen) atoms. The number of allylic oxidation sites excluding steroid dienone is 8. The molecule has 0 heterocycles. The van der Waals surface area contributed by atoms with E-state index >= 15 is 0 Å². The lowest BCUT2D eigenvalue weighted by molar-refractivity contribution is -0.167. The summed E-state index contributed by atoms with van der Waals surface area (Å²) < 4.78 is 17.0. The van der Waals surface area contributed by atoms with Gasteiger partial charge in [0.05, 0.1) is 0 Å². The van der Waals surface area contributed by atoms with E-state index < -0.39 is 6.10 Å². The van der Waals surface area contributed by atoms with Crippen LogP contribution in [0.25, 0.3) is 0 Å². The molecular formula is C73H134O6. The molecule has 0 bridgehead atoms. The van der Waals surface area contributed by atoms with Crippen LogP contribution in [0, 0.1) is 0 Å². The van der Waals surface area contributed by atoms with Gasteiger partial charge in [-0.2, -0.15) is 0 Å². The summed E-state index contributed by atoms with van der Waals surface area (Å²) in [5, 5.41) is 0. The minimum absolute atomic E-state index is 0.0694. The zero-order valence-corrected chi connectivity index (χ0v) is 53.2. The smallest absolute Gasteiger partial charge is 0.306 e. The highest BCUT2D eigenvalue weighted by atomic mass is 16.6. The van der Waals surface area contributed by atoms with Crippen molar-refractivity contribution in [2.75, 3.05) is 13.2 Å². The maximum atomic E-state index is 12.9. The van der Waals surface area contributed by atoms with Crippen molar-refractivity contribution in [1.29, 1.82) is 0 Å². The van der Waals surface area contributed by atoms with Crippen molar-refractivity contribution < 1.29 is 28.6 Å². The highest BCUT2D eigenvalue weighted by Gasteiger charge is 2.19. The first-order valence-corrected chi connectivity index (χ1v) is 35.1. The zero-order valence-electron chi connectivity index (χ0n) is 53.2. The second-order valence-corrected chi connectivity index (χ2v) is 23.8. The lowest BCUT2D eigenvalue weighted by Gasteiger charge is -2.18. The summed E-state index contributed by atoms with van der Waals surface area (Å²) in [6, 6.07) is 0. The maximum Gasteiger partial charge on any atom is 0.306 e. The van der Waals surface area contributed by atoms with Crippen LogP contribution in [-0.4, -0.2) is 37.2 Å². The minimum atomic E-state index is -0.773. The third-order valence-corrected chi connectivity index (χ3v) is 15.8. The van der Waals surface area contributed by atoms with Crippen molar-refractivity contribution in [3.8, 4) is 0 Å². The molecule has 6 nitrogen and oxygen atoms in total. The predicted octanol–water partition coefficient (Wildman–Crippen LogP) is 24.1. The van der Waals surface area contributed by atoms with Crippen molar-refractivity contribution >= 4 is 17.9 Å². The first-order chi connectivity index (χ1) is 39.0. The van der Waals surface area contributed by atoms with Gasteiger partial charge in [-0.05, 0) is 83.5 Å². The number of rotatable bonds is 65. The van der Waals surface area contributed by atoms with E-state index in [0.717, 1.165) is 70.6 Å². The van der Waals surface area contributed by atoms with E-state index in [2.05, 4.69) is 69.4 Å². The van der Waals surface area contributed by atoms with Gasteiger partial charge in [0.15, 0.2) is 6.10 Å². The lowest BCUT2D eigenvalue weighted by atomic mass is 10.0. The van der Waals surface area contributed by atoms with Crippen molar-refractivity contribution in [2.24, 2.45) is 0 Å². The van der Waals surface area contributed by atoms with Gasteiger partial charge in [-0.15, -0.1) is 0 Å². The highest BCUT2D eigenvalue weighted by molar-refractivity contribution is 5.71. The van der Waals surface area contributed by atoms with Crippen molar-refractivity contribution in [1.82, 2.24) is 0 Å². The van der Waals surface area contributed by atoms with Crippen LogP contribution < -0.4 is 0 Å². The van der Waals surface area contributed by atoms with Gasteiger partial charge in [0.25, 0.3) is 0 Å². The molecule has 0 radical (unpaired) electrons. The molecule has 0 saturated carbocycles. The number of unbranched alkanes of at least 4 members (excludes halogenated alkanes) is 46. The highest BCUT2D eigenvalue weighted by Crippen LogP contribution is 2.18. The maximum absolute atomic E-state index is 12.9. The van der Waals surface area contributed by atoms with Gasteiger partial charge in [0, 0.05) is 19.3 Å². The second kappa shape index (κ2) is 67.9. The summed E-state index contributed by atoms with van der Waals surface area (Å²) in [7, 11) is 0. The fourth-order valence-corrected chi connectivity index (χ4v) is 10.5. The van der Waals surface area contributed by atoms with E-state index in [-0.39, 0.29) is 31.1 Å². The molecule has 0 N–H and O–H groups in total. The number of carbonyl (C=O) groups excluding carboxylic acids is 3. The van der Waals surface area contributed by atoms with Crippen LogP contribution in [0.3, 0.4) is 0 Å². The third-order valence-electron chi connectivity index (χ3n) is 15.8. The molecule has 0 amide bonds. The summed E-state index contributed by atoms with van der Waals surface area (Å²) in [5.74, 6) is -0.849. The number of carbonyl (C=O) groups is 3. The monoisotopic (exact) mass is 1110 g/mol. The molecule has 462 valence electrons. The number of hydrogen-bond donors (Lipinski definition) is 0. The van der Waals surface area contributed by atoms with Crippen LogP contribution >= 0.6 is 0 Å². The molecular weight excluding hydrogens is 973 g/mol. The Morgan fingerprint density at radius 2 is 0.456 bits per heavy atom. The third kappa shape index (κ3) is 66.1. The van der Waals surface area contributed by atoms with E-state index in [1.165, 1.54) is 270 Å². The molecule has 0 aliphatic rings. The summed E-state index contributed by atoms with van der Waals surface area (Å²) in [4.78, 5) is 38.4. The number of hydrogen-bond acceptors (Lipinski definition) is 6. The molecule has 0 fully saturated rings. The first kappa shape index (κ1) is 76.4. The predicted molar refractivity (Wildman–Crippen MR) is 344 cm³/mol. The second-order valence-electron chi connectivity index (χ2n) is 23.8. The van der Waals surface area contributed by atoms with Crippen LogP contribution in [0.5, 0.6) is 0 Å². The SMILES string of the molecule is CCCCCCC/C=C\C/C=C\C/C=C\CCCCCCCCCCCCCCCCCCC(=O)OCC(COC(=O)CCCCCCCCCCCCCCC)OC(=O)CCCCCCCCC/C=C\CCCCCCCC. The van der Waals surface area contributed by atoms with Gasteiger partial charge < -0.3 is 14.2 Å². The fraction of sp³-hybridized carbons (Fsp3) is 0.849. The van der Waals surface area contributed by atoms with Crippen LogP contribution in [0.4, 0.5) is 0 Å². The Bertz CT molecular complexity index is 1360. The van der Waals surface area contributed by atoms with E-state index in [4.69, 9.17) is 14.2 Å². The van der Waals surface area contributed by atoms with Crippen LogP contribution in [0.15, 0.2) is 48.6 Å². The standard InChI is InChI=1S/C73H134O6/c1-4-7-10-13-16-19-22-25-27-29-30-31-32-33-34-35-36-37-38-39-40-41-42-44-45-48-51-54-57-60-63-66-72(75)78-69-70(68-77-71(74)65-62-59-56-53-50-47-24-21-18-15-12-9-6-3)79-73(76)67-64-61-58-55-52-49-46-43-28-26-23-20-17-14-11-8-5-2/h22,25-26,28-30,32-33,70H,4-21,23-24,27,31,34-69H2,1-3H3/b25-22-,28-26-,30-29-,33-32-. The molecule has 0 aliphatic carbocycles. The van der Waals surface area contributed by atoms with Crippen molar-refractivity contribution in [3.05, 3.63) is 48.6 Å². The quantitative estimate of drug-likeness (QED) is 0.0261. The molecule has 0 aromatic heterocycles. The minimum Gasteiger partial charge on any atom is -0.462 e. The molecule has 0 spiro atoms.